The van der Waals surface area contributed by atoms with Crippen LogP contribution in [0.25, 0.3) is 0 Å². The minimum Gasteiger partial charge on any atom is -0.545 e. The third kappa shape index (κ3) is 55.9. The normalized spacial score (nSPS) is 13.5. The van der Waals surface area contributed by atoms with Crippen molar-refractivity contribution in [3.63, 3.8) is 0 Å². The fourth-order valence-electron chi connectivity index (χ4n) is 7.98. The van der Waals surface area contributed by atoms with E-state index in [0.717, 1.165) is 103 Å². The summed E-state index contributed by atoms with van der Waals surface area (Å²) in [5.74, 6) is -2.30. The standard InChI is InChI=1S/C65H111NO8/c1-6-8-10-12-14-16-18-20-21-22-23-24-25-26-27-28-29-30-31-32-33-34-35-36-37-38-39-40-41-42-43-44-46-48-50-52-54-56-63(68)74-61(60-73-65(64(69)70)71-58-57-66(3,4)5)59-72-62(67)55-53-51-49-47-45-19-17-15-13-11-9-7-2/h8,10,14-17,20-21,23-24,26-27,29-30,32-33,61,65H,6-7,9,11-13,18-19,22,25,28,31,34-60H2,1-5H3/b10-8-,16-14-,17-15-,21-20-,24-23-,27-26-,30-29-,33-32-. The number of nitrogens with zero attached hydrogens (tertiary/aromatic N) is 1. The number of rotatable bonds is 54. The molecule has 0 amide bonds. The largest absolute Gasteiger partial charge is 0.545 e. The first-order valence-corrected chi connectivity index (χ1v) is 29.9. The minimum absolute atomic E-state index is 0.144. The van der Waals surface area contributed by atoms with Crippen LogP contribution < -0.4 is 5.11 Å². The Bertz CT molecular complexity index is 1530. The molecule has 2 atom stereocenters. The summed E-state index contributed by atoms with van der Waals surface area (Å²) in [6.45, 7) is 4.59. The zero-order valence-electron chi connectivity index (χ0n) is 48.2. The van der Waals surface area contributed by atoms with Gasteiger partial charge in [0.1, 0.15) is 13.2 Å². The summed E-state index contributed by atoms with van der Waals surface area (Å²) in [4.78, 5) is 37.2. The van der Waals surface area contributed by atoms with Gasteiger partial charge in [0.25, 0.3) is 0 Å². The second-order valence-electron chi connectivity index (χ2n) is 20.9. The fourth-order valence-corrected chi connectivity index (χ4v) is 7.98. The first-order valence-electron chi connectivity index (χ1n) is 29.9. The summed E-state index contributed by atoms with van der Waals surface area (Å²) in [6.07, 6.45) is 71.9. The lowest BCUT2D eigenvalue weighted by Crippen LogP contribution is -2.44. The third-order valence-corrected chi connectivity index (χ3v) is 12.6. The Balaban J connectivity index is 4.07. The van der Waals surface area contributed by atoms with E-state index in [4.69, 9.17) is 18.9 Å². The van der Waals surface area contributed by atoms with Gasteiger partial charge in [-0.05, 0) is 96.3 Å². The Morgan fingerprint density at radius 1 is 0.419 bits per heavy atom. The number of carboxylic acids is 1. The van der Waals surface area contributed by atoms with Crippen LogP contribution >= 0.6 is 0 Å². The van der Waals surface area contributed by atoms with Gasteiger partial charge in [-0.1, -0.05) is 227 Å². The fraction of sp³-hybridized carbons (Fsp3) is 0.708. The van der Waals surface area contributed by atoms with Crippen LogP contribution in [0.4, 0.5) is 0 Å². The van der Waals surface area contributed by atoms with Crippen molar-refractivity contribution < 1.29 is 42.9 Å². The highest BCUT2D eigenvalue weighted by atomic mass is 16.7. The first kappa shape index (κ1) is 70.2. The Morgan fingerprint density at radius 2 is 0.770 bits per heavy atom. The van der Waals surface area contributed by atoms with E-state index in [1.807, 2.05) is 21.1 Å². The van der Waals surface area contributed by atoms with E-state index in [-0.39, 0.29) is 38.6 Å². The van der Waals surface area contributed by atoms with Crippen molar-refractivity contribution in [1.29, 1.82) is 0 Å². The van der Waals surface area contributed by atoms with Crippen molar-refractivity contribution in [3.05, 3.63) is 97.2 Å². The molecule has 0 aliphatic heterocycles. The van der Waals surface area contributed by atoms with Crippen LogP contribution in [-0.2, 0) is 33.3 Å². The van der Waals surface area contributed by atoms with Gasteiger partial charge >= 0.3 is 11.9 Å². The average Bonchev–Trinajstić information content (AvgIpc) is 3.37. The zero-order valence-corrected chi connectivity index (χ0v) is 48.2. The number of ether oxygens (including phenoxy) is 4. The number of esters is 2. The molecule has 0 N–H and O–H groups in total. The molecule has 0 aliphatic rings. The number of hydrogen-bond acceptors (Lipinski definition) is 8. The van der Waals surface area contributed by atoms with Crippen molar-refractivity contribution in [1.82, 2.24) is 0 Å². The second kappa shape index (κ2) is 55.4. The van der Waals surface area contributed by atoms with Gasteiger partial charge < -0.3 is 33.3 Å². The Kier molecular flexibility index (Phi) is 52.6. The number of aliphatic carboxylic acids is 1. The van der Waals surface area contributed by atoms with Crippen LogP contribution in [0, 0.1) is 0 Å². The molecular weight excluding hydrogens is 923 g/mol. The number of quaternary nitrogens is 1. The average molecular weight is 1030 g/mol. The molecular formula is C65H111NO8. The van der Waals surface area contributed by atoms with E-state index in [9.17, 15) is 19.5 Å². The zero-order chi connectivity index (χ0) is 54.1. The molecule has 0 saturated carbocycles. The van der Waals surface area contributed by atoms with E-state index in [1.54, 1.807) is 0 Å². The smallest absolute Gasteiger partial charge is 0.306 e. The monoisotopic (exact) mass is 1030 g/mol. The SMILES string of the molecule is CC/C=C\C/C=C\C/C=C\C/C=C\C/C=C\C/C=C\C/C=C\CCCCCCCCCCCCCCCCCC(=O)OC(COC(=O)CCCCCCC/C=C\CCCCC)COC(OCC[N+](C)(C)C)C(=O)[O-]. The number of likely N-dealkylation sites (N-methyl/N-ethyl adjacent to an activating group) is 1. The van der Waals surface area contributed by atoms with E-state index >= 15 is 0 Å². The summed E-state index contributed by atoms with van der Waals surface area (Å²) in [7, 11) is 5.91. The number of hydrogen-bond donors (Lipinski definition) is 0. The molecule has 424 valence electrons. The molecule has 0 saturated heterocycles. The number of unbranched alkanes of at least 4 members (excludes halogenated alkanes) is 23. The maximum atomic E-state index is 12.8. The van der Waals surface area contributed by atoms with Crippen molar-refractivity contribution in [3.8, 4) is 0 Å². The molecule has 74 heavy (non-hydrogen) atoms. The Labute approximate surface area is 454 Å². The molecule has 0 aliphatic carbocycles. The van der Waals surface area contributed by atoms with Crippen LogP contribution in [0.2, 0.25) is 0 Å². The van der Waals surface area contributed by atoms with Gasteiger partial charge in [0.05, 0.1) is 40.3 Å². The van der Waals surface area contributed by atoms with Crippen molar-refractivity contribution in [2.24, 2.45) is 0 Å². The number of carbonyl (C=O) groups is 3. The van der Waals surface area contributed by atoms with Crippen molar-refractivity contribution in [2.45, 2.75) is 251 Å². The Hall–Kier alpha value is -3.79. The molecule has 0 aromatic rings. The summed E-state index contributed by atoms with van der Waals surface area (Å²) in [5, 5.41) is 11.7. The maximum absolute atomic E-state index is 12.8. The van der Waals surface area contributed by atoms with E-state index < -0.39 is 24.3 Å². The van der Waals surface area contributed by atoms with E-state index in [2.05, 4.69) is 111 Å². The topological polar surface area (TPSA) is 111 Å². The number of carbonyl (C=O) groups excluding carboxylic acids is 3. The maximum Gasteiger partial charge on any atom is 0.306 e. The molecule has 0 fully saturated rings. The molecule has 2 unspecified atom stereocenters. The van der Waals surface area contributed by atoms with Gasteiger partial charge in [0.15, 0.2) is 12.4 Å². The molecule has 0 aromatic heterocycles. The lowest BCUT2D eigenvalue weighted by Gasteiger charge is -2.26. The van der Waals surface area contributed by atoms with Crippen LogP contribution in [0.5, 0.6) is 0 Å². The van der Waals surface area contributed by atoms with Gasteiger partial charge in [-0.25, -0.2) is 0 Å². The molecule has 0 radical (unpaired) electrons. The highest BCUT2D eigenvalue weighted by Gasteiger charge is 2.22. The first-order chi connectivity index (χ1) is 36.1. The molecule has 0 heterocycles. The van der Waals surface area contributed by atoms with Crippen LogP contribution in [0.3, 0.4) is 0 Å². The molecule has 0 spiro atoms. The summed E-state index contributed by atoms with van der Waals surface area (Å²) in [5.41, 5.74) is 0. The summed E-state index contributed by atoms with van der Waals surface area (Å²) in [6, 6.07) is 0. The van der Waals surface area contributed by atoms with Gasteiger partial charge in [-0.2, -0.15) is 0 Å². The molecule has 9 nitrogen and oxygen atoms in total. The lowest BCUT2D eigenvalue weighted by molar-refractivity contribution is -0.870. The molecule has 9 heteroatoms. The minimum atomic E-state index is -1.62. The van der Waals surface area contributed by atoms with E-state index in [0.29, 0.717) is 17.4 Å². The predicted octanol–water partition coefficient (Wildman–Crippen LogP) is 16.4. The highest BCUT2D eigenvalue weighted by molar-refractivity contribution is 5.70. The second-order valence-corrected chi connectivity index (χ2v) is 20.9. The number of allylic oxidation sites excluding steroid dienone is 16. The van der Waals surface area contributed by atoms with Crippen LogP contribution in [0.1, 0.15) is 239 Å². The quantitative estimate of drug-likeness (QED) is 0.0195. The van der Waals surface area contributed by atoms with Crippen molar-refractivity contribution >= 4 is 17.9 Å². The van der Waals surface area contributed by atoms with Crippen LogP contribution in [0.15, 0.2) is 97.2 Å². The van der Waals surface area contributed by atoms with Gasteiger partial charge in [-0.3, -0.25) is 9.59 Å². The van der Waals surface area contributed by atoms with Gasteiger partial charge in [-0.15, -0.1) is 0 Å². The highest BCUT2D eigenvalue weighted by Crippen LogP contribution is 2.16. The van der Waals surface area contributed by atoms with Gasteiger partial charge in [0.2, 0.25) is 0 Å². The molecule has 0 bridgehead atoms. The summed E-state index contributed by atoms with van der Waals surface area (Å²) >= 11 is 0. The van der Waals surface area contributed by atoms with Gasteiger partial charge in [0, 0.05) is 12.8 Å². The number of carboxylic acid groups (broad SMARTS) is 1. The predicted molar refractivity (Wildman–Crippen MR) is 311 cm³/mol. The summed E-state index contributed by atoms with van der Waals surface area (Å²) < 4.78 is 22.6. The molecule has 0 rings (SSSR count). The third-order valence-electron chi connectivity index (χ3n) is 12.6. The van der Waals surface area contributed by atoms with E-state index in [1.165, 1.54) is 103 Å². The Morgan fingerprint density at radius 3 is 1.16 bits per heavy atom. The lowest BCUT2D eigenvalue weighted by atomic mass is 10.0. The molecule has 0 aromatic carbocycles. The van der Waals surface area contributed by atoms with Crippen LogP contribution in [-0.4, -0.2) is 82.3 Å². The van der Waals surface area contributed by atoms with Crippen molar-refractivity contribution in [2.75, 3.05) is 47.5 Å².